The number of hydrogen-bond acceptors (Lipinski definition) is 3. The second-order valence-electron chi connectivity index (χ2n) is 6.99. The van der Waals surface area contributed by atoms with Crippen molar-refractivity contribution >= 4 is 0 Å². The van der Waals surface area contributed by atoms with E-state index in [9.17, 15) is 0 Å². The molecule has 0 saturated carbocycles. The molecule has 1 atom stereocenters. The van der Waals surface area contributed by atoms with Crippen LogP contribution >= 0.6 is 0 Å². The summed E-state index contributed by atoms with van der Waals surface area (Å²) < 4.78 is 10.3. The zero-order valence-electron chi connectivity index (χ0n) is 16.6. The Labute approximate surface area is 151 Å². The maximum atomic E-state index is 8.08. The molecule has 1 saturated heterocycles. The molecule has 0 aromatic carbocycles. The van der Waals surface area contributed by atoms with E-state index in [1.54, 1.807) is 0 Å². The van der Waals surface area contributed by atoms with Crippen molar-refractivity contribution in [3.05, 3.63) is 0 Å². The molecule has 1 fully saturated rings. The van der Waals surface area contributed by atoms with Crippen LogP contribution < -0.4 is 0 Å². The third-order valence-electron chi connectivity index (χ3n) is 4.39. The lowest BCUT2D eigenvalue weighted by Gasteiger charge is -2.04. The Morgan fingerprint density at radius 1 is 0.708 bits per heavy atom. The summed E-state index contributed by atoms with van der Waals surface area (Å²) in [6, 6.07) is 0. The molecule has 24 heavy (non-hydrogen) atoms. The summed E-state index contributed by atoms with van der Waals surface area (Å²) in [5.41, 5.74) is 0. The van der Waals surface area contributed by atoms with Gasteiger partial charge in [-0.25, -0.2) is 0 Å². The van der Waals surface area contributed by atoms with E-state index in [2.05, 4.69) is 18.6 Å². The van der Waals surface area contributed by atoms with Crippen molar-refractivity contribution in [2.24, 2.45) is 0 Å². The van der Waals surface area contributed by atoms with E-state index >= 15 is 0 Å². The van der Waals surface area contributed by atoms with Crippen LogP contribution in [0.1, 0.15) is 104 Å². The molecular weight excluding hydrogens is 300 g/mol. The minimum atomic E-state index is 0.190. The van der Waals surface area contributed by atoms with Crippen LogP contribution in [0.3, 0.4) is 0 Å². The molecule has 1 unspecified atom stereocenters. The zero-order chi connectivity index (χ0) is 17.7. The molecule has 1 heterocycles. The predicted octanol–water partition coefficient (Wildman–Crippen LogP) is 5.88. The number of hydrogen-bond donors (Lipinski definition) is 1. The summed E-state index contributed by atoms with van der Waals surface area (Å²) in [6.07, 6.45) is 19.5. The molecule has 0 radical (unpaired) electrons. The second-order valence-corrected chi connectivity index (χ2v) is 6.99. The average molecular weight is 345 g/mol. The fraction of sp³-hybridized carbons (Fsp3) is 1.00. The first-order chi connectivity index (χ1) is 11.8. The molecule has 1 aliphatic rings. The highest BCUT2D eigenvalue weighted by Crippen LogP contribution is 2.08. The number of aliphatic hydroxyl groups excluding tert-OH is 1. The molecule has 3 nitrogen and oxygen atoms in total. The van der Waals surface area contributed by atoms with E-state index in [-0.39, 0.29) is 12.7 Å². The monoisotopic (exact) mass is 344 g/mol. The van der Waals surface area contributed by atoms with Crippen molar-refractivity contribution in [1.29, 1.82) is 0 Å². The number of unbranched alkanes of at least 4 members (excludes halogenated alkanes) is 12. The summed E-state index contributed by atoms with van der Waals surface area (Å²) in [4.78, 5) is 0. The lowest BCUT2D eigenvalue weighted by molar-refractivity contribution is 0.125. The fourth-order valence-electron chi connectivity index (χ4n) is 2.60. The highest BCUT2D eigenvalue weighted by Gasteiger charge is 2.19. The molecule has 1 aliphatic heterocycles. The summed E-state index contributed by atoms with van der Waals surface area (Å²) >= 11 is 0. The number of epoxide rings is 1. The van der Waals surface area contributed by atoms with Gasteiger partial charge in [0.15, 0.2) is 0 Å². The zero-order valence-corrected chi connectivity index (χ0v) is 16.6. The molecule has 3 heteroatoms. The van der Waals surface area contributed by atoms with Gasteiger partial charge in [-0.3, -0.25) is 0 Å². The van der Waals surface area contributed by atoms with Gasteiger partial charge in [0.25, 0.3) is 0 Å². The second kappa shape index (κ2) is 20.9. The van der Waals surface area contributed by atoms with Gasteiger partial charge in [-0.15, -0.1) is 0 Å². The Bertz CT molecular complexity index is 201. The fourth-order valence-corrected chi connectivity index (χ4v) is 2.60. The van der Waals surface area contributed by atoms with E-state index in [1.165, 1.54) is 89.9 Å². The summed E-state index contributed by atoms with van der Waals surface area (Å²) in [7, 11) is 0. The van der Waals surface area contributed by atoms with Crippen molar-refractivity contribution in [3.63, 3.8) is 0 Å². The van der Waals surface area contributed by atoms with E-state index in [4.69, 9.17) is 9.84 Å². The van der Waals surface area contributed by atoms with Gasteiger partial charge in [-0.05, 0) is 12.8 Å². The van der Waals surface area contributed by atoms with Crippen LogP contribution in [0.2, 0.25) is 0 Å². The van der Waals surface area contributed by atoms with Gasteiger partial charge in [-0.2, -0.15) is 0 Å². The van der Waals surface area contributed by atoms with Gasteiger partial charge >= 0.3 is 0 Å². The normalized spacial score (nSPS) is 15.9. The quantitative estimate of drug-likeness (QED) is 0.264. The summed E-state index contributed by atoms with van der Waals surface area (Å²) in [5.74, 6) is 0. The molecule has 146 valence electrons. The van der Waals surface area contributed by atoms with Gasteiger partial charge in [0.1, 0.15) is 6.10 Å². The Hall–Kier alpha value is -0.120. The van der Waals surface area contributed by atoms with Crippen molar-refractivity contribution in [1.82, 2.24) is 0 Å². The lowest BCUT2D eigenvalue weighted by atomic mass is 10.1. The van der Waals surface area contributed by atoms with Gasteiger partial charge in [0, 0.05) is 13.2 Å². The van der Waals surface area contributed by atoms with Crippen LogP contribution in [0.4, 0.5) is 0 Å². The molecule has 0 aromatic heterocycles. The van der Waals surface area contributed by atoms with Crippen LogP contribution in [0, 0.1) is 0 Å². The van der Waals surface area contributed by atoms with Crippen LogP contribution in [-0.4, -0.2) is 37.6 Å². The third-order valence-corrected chi connectivity index (χ3v) is 4.39. The summed E-state index contributed by atoms with van der Waals surface area (Å²) in [6.45, 7) is 7.49. The standard InChI is InChI=1S/C18H38O.C3H6O2/c1-3-5-7-9-11-13-15-17-19-18-16-14-12-10-8-6-4-2;4-1-3-2-5-3/h3-18H2,1-2H3;3-4H,1-2H2. The molecule has 0 aliphatic carbocycles. The van der Waals surface area contributed by atoms with Gasteiger partial charge in [0.2, 0.25) is 0 Å². The Kier molecular flexibility index (Phi) is 20.8. The van der Waals surface area contributed by atoms with Gasteiger partial charge < -0.3 is 14.6 Å². The van der Waals surface area contributed by atoms with Crippen molar-refractivity contribution in [2.75, 3.05) is 26.4 Å². The first-order valence-corrected chi connectivity index (χ1v) is 10.6. The first-order valence-electron chi connectivity index (χ1n) is 10.6. The van der Waals surface area contributed by atoms with E-state index in [1.807, 2.05) is 0 Å². The molecule has 1 N–H and O–H groups in total. The van der Waals surface area contributed by atoms with E-state index in [0.717, 1.165) is 19.8 Å². The van der Waals surface area contributed by atoms with Crippen LogP contribution in [-0.2, 0) is 9.47 Å². The number of ether oxygens (including phenoxy) is 2. The minimum absolute atomic E-state index is 0.190. The molecule has 0 amide bonds. The van der Waals surface area contributed by atoms with Crippen molar-refractivity contribution in [2.45, 2.75) is 110 Å². The SMILES string of the molecule is CCCCCCCCCOCCCCCCCCC.OCC1CO1. The van der Waals surface area contributed by atoms with Gasteiger partial charge in [0.05, 0.1) is 13.2 Å². The number of aliphatic hydroxyl groups is 1. The Balaban J connectivity index is 0.000000889. The van der Waals surface area contributed by atoms with Crippen LogP contribution in [0.25, 0.3) is 0 Å². The number of rotatable bonds is 17. The maximum absolute atomic E-state index is 8.08. The first kappa shape index (κ1) is 23.9. The average Bonchev–Trinajstić information content (AvgIpc) is 3.43. The van der Waals surface area contributed by atoms with E-state index < -0.39 is 0 Å². The Morgan fingerprint density at radius 3 is 1.38 bits per heavy atom. The molecule has 1 rings (SSSR count). The van der Waals surface area contributed by atoms with Crippen LogP contribution in [0.5, 0.6) is 0 Å². The Morgan fingerprint density at radius 2 is 1.08 bits per heavy atom. The van der Waals surface area contributed by atoms with Crippen LogP contribution in [0.15, 0.2) is 0 Å². The predicted molar refractivity (Wildman–Crippen MR) is 104 cm³/mol. The largest absolute Gasteiger partial charge is 0.394 e. The van der Waals surface area contributed by atoms with E-state index in [0.29, 0.717) is 0 Å². The van der Waals surface area contributed by atoms with Gasteiger partial charge in [-0.1, -0.05) is 90.9 Å². The topological polar surface area (TPSA) is 42.0 Å². The van der Waals surface area contributed by atoms with Crippen molar-refractivity contribution in [3.8, 4) is 0 Å². The summed E-state index contributed by atoms with van der Waals surface area (Å²) in [5, 5.41) is 8.08. The van der Waals surface area contributed by atoms with Crippen molar-refractivity contribution < 1.29 is 14.6 Å². The highest BCUT2D eigenvalue weighted by atomic mass is 16.6. The molecular formula is C21H44O3. The highest BCUT2D eigenvalue weighted by molar-refractivity contribution is 4.65. The molecule has 0 aromatic rings. The third kappa shape index (κ3) is 21.9. The maximum Gasteiger partial charge on any atom is 0.104 e. The molecule has 0 spiro atoms. The molecule has 0 bridgehead atoms. The smallest absolute Gasteiger partial charge is 0.104 e. The minimum Gasteiger partial charge on any atom is -0.394 e. The lowest BCUT2D eigenvalue weighted by Crippen LogP contribution is -1.97.